The molecule has 3 fully saturated rings. The van der Waals surface area contributed by atoms with E-state index < -0.39 is 68.0 Å². The first-order valence-corrected chi connectivity index (χ1v) is 22.1. The Hall–Kier alpha value is -5.25. The lowest BCUT2D eigenvalue weighted by molar-refractivity contribution is -0.142. The van der Waals surface area contributed by atoms with E-state index in [-0.39, 0.29) is 49.2 Å². The lowest BCUT2D eigenvalue weighted by Crippen LogP contribution is -2.59. The van der Waals surface area contributed by atoms with Gasteiger partial charge in [0, 0.05) is 44.2 Å². The summed E-state index contributed by atoms with van der Waals surface area (Å²) in [4.78, 5) is 74.0. The second kappa shape index (κ2) is 16.1. The van der Waals surface area contributed by atoms with Crippen molar-refractivity contribution in [1.29, 1.82) is 0 Å². The molecule has 4 amide bonds. The van der Waals surface area contributed by atoms with Gasteiger partial charge in [-0.3, -0.25) is 28.7 Å². The third-order valence-electron chi connectivity index (χ3n) is 12.6. The topological polar surface area (TPSA) is 189 Å². The molecule has 2 aliphatic carbocycles. The number of hydrogen-bond donors (Lipinski definition) is 3. The number of aromatic nitrogens is 2. The molecule has 2 saturated carbocycles. The number of allylic oxidation sites excluding steroid dienone is 1. The molecule has 316 valence electrons. The largest absolute Gasteiger partial charge is 0.471 e. The molecule has 4 aliphatic rings. The number of carbonyl (C=O) groups is 4. The minimum absolute atomic E-state index is 0.00907. The summed E-state index contributed by atoms with van der Waals surface area (Å²) in [6, 6.07) is 11.8. The quantitative estimate of drug-likeness (QED) is 0.270. The zero-order valence-corrected chi connectivity index (χ0v) is 35.4. The third-order valence-corrected chi connectivity index (χ3v) is 14.8. The van der Waals surface area contributed by atoms with Crippen LogP contribution >= 0.6 is 0 Å². The fraction of sp³-hybridized carbons (Fsp3) is 0.535. The van der Waals surface area contributed by atoms with E-state index in [1.807, 2.05) is 50.2 Å². The van der Waals surface area contributed by atoms with Gasteiger partial charge in [0.2, 0.25) is 27.7 Å². The van der Waals surface area contributed by atoms with E-state index in [2.05, 4.69) is 27.4 Å². The summed E-state index contributed by atoms with van der Waals surface area (Å²) in [5.74, 6) is -2.91. The maximum atomic E-state index is 15.0. The summed E-state index contributed by atoms with van der Waals surface area (Å²) < 4.78 is 35.5. The first-order valence-electron chi connectivity index (χ1n) is 20.6. The predicted octanol–water partition coefficient (Wildman–Crippen LogP) is 3.52. The molecule has 3 heterocycles. The molecule has 16 heteroatoms. The Morgan fingerprint density at radius 1 is 1.02 bits per heavy atom. The van der Waals surface area contributed by atoms with Gasteiger partial charge < -0.3 is 25.2 Å². The number of nitrogens with one attached hydrogen (secondary N) is 3. The number of aryl methyl sites for hydroxylation is 1. The van der Waals surface area contributed by atoms with Crippen molar-refractivity contribution in [3.05, 3.63) is 76.6 Å². The zero-order chi connectivity index (χ0) is 42.4. The Kier molecular flexibility index (Phi) is 11.4. The van der Waals surface area contributed by atoms with E-state index in [1.165, 1.54) is 9.58 Å². The molecule has 0 spiro atoms. The molecule has 59 heavy (non-hydrogen) atoms. The number of nitrogens with zero attached hydrogens (tertiary/aromatic N) is 4. The number of rotatable bonds is 9. The summed E-state index contributed by atoms with van der Waals surface area (Å²) in [6.07, 6.45) is 6.08. The van der Waals surface area contributed by atoms with Gasteiger partial charge >= 0.3 is 0 Å². The first-order chi connectivity index (χ1) is 28.0. The molecule has 7 rings (SSSR count). The van der Waals surface area contributed by atoms with Gasteiger partial charge in [-0.25, -0.2) is 13.1 Å². The molecule has 7 atom stereocenters. The summed E-state index contributed by atoms with van der Waals surface area (Å²) in [5, 5.41) is 11.3. The lowest BCUT2D eigenvalue weighted by atomic mass is 9.87. The zero-order valence-electron chi connectivity index (χ0n) is 34.6. The Morgan fingerprint density at radius 3 is 2.37 bits per heavy atom. The Labute approximate surface area is 345 Å². The predicted molar refractivity (Wildman–Crippen MR) is 223 cm³/mol. The monoisotopic (exact) mass is 829 g/mol. The van der Waals surface area contributed by atoms with Crippen molar-refractivity contribution < 1.29 is 32.3 Å². The van der Waals surface area contributed by atoms with Gasteiger partial charge in [0.05, 0.1) is 22.1 Å². The number of carbonyl (C=O) groups excluding carboxylic acids is 4. The number of benzene rings is 2. The Morgan fingerprint density at radius 2 is 1.71 bits per heavy atom. The third kappa shape index (κ3) is 8.32. The normalized spacial score (nSPS) is 28.5. The number of ether oxygens (including phenoxy) is 1. The molecule has 1 saturated heterocycles. The molecule has 2 unspecified atom stereocenters. The number of anilines is 1. The minimum atomic E-state index is -4.02. The van der Waals surface area contributed by atoms with Crippen LogP contribution in [0.15, 0.2) is 65.5 Å². The number of hydrogen-bond acceptors (Lipinski definition) is 10. The molecule has 1 aromatic heterocycles. The highest BCUT2D eigenvalue weighted by Crippen LogP contribution is 2.47. The maximum absolute atomic E-state index is 15.0. The van der Waals surface area contributed by atoms with E-state index >= 15 is 4.79 Å². The lowest BCUT2D eigenvalue weighted by Gasteiger charge is -2.33. The fourth-order valence-electron chi connectivity index (χ4n) is 8.40. The first kappa shape index (κ1) is 41.9. The average molecular weight is 830 g/mol. The Balaban J connectivity index is 1.25. The van der Waals surface area contributed by atoms with Crippen molar-refractivity contribution in [2.45, 2.75) is 108 Å². The van der Waals surface area contributed by atoms with Gasteiger partial charge in [-0.05, 0) is 101 Å². The van der Waals surface area contributed by atoms with E-state index in [0.29, 0.717) is 42.0 Å². The van der Waals surface area contributed by atoms with Crippen LogP contribution in [-0.2, 0) is 31.0 Å². The van der Waals surface area contributed by atoms with E-state index in [4.69, 9.17) is 4.74 Å². The maximum Gasteiger partial charge on any atom is 0.274 e. The minimum Gasteiger partial charge on any atom is -0.471 e. The standard InChI is InChI=1S/C43H55N7O8S/c1-7-50-39(53)33-15-11-10-14-32(33)38(46-50)58-31-23-34-37(52)45-43(41(55)47-59(56,57)42(4)20-21-42)24-29(43)13-9-8-12-26(2)22-27(3)35(40(54)49(34)25-31)44-36(51)28-16-18-30(19-17-28)48(5)6/h9-11,13-19,26-27,29,31,34-35H,7-8,12,20-25H2,1-6H3,(H,44,51)(H,45,52)(H,47,55)/b13-9-/t26-,27-,29?,31-,34+,35+,43?/m1/s1. The second-order valence-electron chi connectivity index (χ2n) is 17.3. The molecule has 3 aromatic rings. The van der Waals surface area contributed by atoms with E-state index in [9.17, 15) is 27.6 Å². The van der Waals surface area contributed by atoms with Crippen LogP contribution in [0.1, 0.15) is 83.0 Å². The van der Waals surface area contributed by atoms with Crippen LogP contribution in [0.2, 0.25) is 0 Å². The van der Waals surface area contributed by atoms with Crippen molar-refractivity contribution in [2.24, 2.45) is 17.8 Å². The summed E-state index contributed by atoms with van der Waals surface area (Å²) in [7, 11) is -0.224. The number of sulfonamides is 1. The Bertz CT molecular complexity index is 2340. The molecule has 0 bridgehead atoms. The van der Waals surface area contributed by atoms with Crippen LogP contribution in [-0.4, -0.2) is 95.8 Å². The summed E-state index contributed by atoms with van der Waals surface area (Å²) in [6.45, 7) is 7.59. The smallest absolute Gasteiger partial charge is 0.274 e. The molecular weight excluding hydrogens is 775 g/mol. The number of fused-ring (bicyclic) bond motifs is 3. The highest BCUT2D eigenvalue weighted by atomic mass is 32.2. The molecule has 15 nitrogen and oxygen atoms in total. The van der Waals surface area contributed by atoms with Gasteiger partial charge in [0.1, 0.15) is 23.7 Å². The van der Waals surface area contributed by atoms with Crippen molar-refractivity contribution >= 4 is 50.1 Å². The van der Waals surface area contributed by atoms with Crippen molar-refractivity contribution in [3.63, 3.8) is 0 Å². The van der Waals surface area contributed by atoms with Gasteiger partial charge in [-0.15, -0.1) is 5.10 Å². The van der Waals surface area contributed by atoms with Crippen molar-refractivity contribution in [2.75, 3.05) is 25.5 Å². The highest BCUT2D eigenvalue weighted by Gasteiger charge is 2.63. The van der Waals surface area contributed by atoms with E-state index in [0.717, 1.165) is 12.1 Å². The molecule has 3 N–H and O–H groups in total. The van der Waals surface area contributed by atoms with Crippen LogP contribution in [0.4, 0.5) is 5.69 Å². The van der Waals surface area contributed by atoms with Crippen LogP contribution in [0.3, 0.4) is 0 Å². The molecular formula is C43H55N7O8S. The molecule has 0 radical (unpaired) electrons. The van der Waals surface area contributed by atoms with Gasteiger partial charge in [-0.1, -0.05) is 38.1 Å². The van der Waals surface area contributed by atoms with Crippen LogP contribution in [0, 0.1) is 17.8 Å². The number of amides is 4. The second-order valence-corrected chi connectivity index (χ2v) is 19.5. The SMILES string of the molecule is CCn1nc(O[C@@H]2C[C@H]3C(=O)NC4(C(=O)NS(=O)(=O)C5(C)CC5)CC4/C=C\CC[C@@H](C)C[C@@H](C)[C@H](NC(=O)c4ccc(N(C)C)cc4)C(=O)N3C2)c2ccccc2c1=O. The van der Waals surface area contributed by atoms with Gasteiger partial charge in [-0.2, -0.15) is 0 Å². The van der Waals surface area contributed by atoms with Crippen molar-refractivity contribution in [3.8, 4) is 5.88 Å². The van der Waals surface area contributed by atoms with Crippen LogP contribution in [0.5, 0.6) is 5.88 Å². The molecule has 2 aromatic carbocycles. The average Bonchev–Trinajstić information content (AvgIpc) is 4.09. The fourth-order valence-corrected chi connectivity index (χ4v) is 9.71. The van der Waals surface area contributed by atoms with Crippen LogP contribution in [0.25, 0.3) is 10.8 Å². The van der Waals surface area contributed by atoms with Crippen LogP contribution < -0.4 is 30.6 Å². The summed E-state index contributed by atoms with van der Waals surface area (Å²) >= 11 is 0. The summed E-state index contributed by atoms with van der Waals surface area (Å²) in [5.41, 5.74) is -0.565. The van der Waals surface area contributed by atoms with Gasteiger partial charge in [0.15, 0.2) is 0 Å². The molecule has 2 aliphatic heterocycles. The van der Waals surface area contributed by atoms with Crippen molar-refractivity contribution in [1.82, 2.24) is 30.0 Å². The van der Waals surface area contributed by atoms with Gasteiger partial charge in [0.25, 0.3) is 17.4 Å². The van der Waals surface area contributed by atoms with E-state index in [1.54, 1.807) is 50.2 Å². The highest BCUT2D eigenvalue weighted by molar-refractivity contribution is 7.91.